The molecule has 0 fully saturated rings. The molecule has 1 aromatic carbocycles. The van der Waals surface area contributed by atoms with Crippen molar-refractivity contribution in [1.29, 1.82) is 0 Å². The molecule has 0 unspecified atom stereocenters. The smallest absolute Gasteiger partial charge is 0.250 e. The molecule has 82 valence electrons. The lowest BCUT2D eigenvalue weighted by atomic mass is 10.1. The van der Waals surface area contributed by atoms with E-state index in [1.165, 1.54) is 0 Å². The second kappa shape index (κ2) is 4.77. The molecule has 0 saturated heterocycles. The SMILES string of the molecule is NCCn1cc(-c2ccccc2)ccc1=O. The van der Waals surface area contributed by atoms with Gasteiger partial charge in [0.25, 0.3) is 5.56 Å². The van der Waals surface area contributed by atoms with Crippen molar-refractivity contribution in [3.8, 4) is 11.1 Å². The van der Waals surface area contributed by atoms with Gasteiger partial charge in [-0.15, -0.1) is 0 Å². The van der Waals surface area contributed by atoms with E-state index in [2.05, 4.69) is 0 Å². The summed E-state index contributed by atoms with van der Waals surface area (Å²) < 4.78 is 1.64. The summed E-state index contributed by atoms with van der Waals surface area (Å²) in [4.78, 5) is 11.5. The van der Waals surface area contributed by atoms with E-state index in [0.717, 1.165) is 11.1 Å². The van der Waals surface area contributed by atoms with Crippen LogP contribution in [-0.4, -0.2) is 11.1 Å². The molecular weight excluding hydrogens is 200 g/mol. The number of hydrogen-bond acceptors (Lipinski definition) is 2. The molecule has 0 atom stereocenters. The normalized spacial score (nSPS) is 10.3. The molecular formula is C13H14N2O. The number of nitrogens with zero attached hydrogens (tertiary/aromatic N) is 1. The summed E-state index contributed by atoms with van der Waals surface area (Å²) in [5, 5.41) is 0. The van der Waals surface area contributed by atoms with Crippen LogP contribution in [0.15, 0.2) is 53.5 Å². The van der Waals surface area contributed by atoms with Gasteiger partial charge in [-0.1, -0.05) is 30.3 Å². The van der Waals surface area contributed by atoms with Crippen LogP contribution in [0.2, 0.25) is 0 Å². The second-order valence-electron chi connectivity index (χ2n) is 3.60. The molecule has 0 aliphatic heterocycles. The van der Waals surface area contributed by atoms with E-state index >= 15 is 0 Å². The zero-order chi connectivity index (χ0) is 11.4. The molecule has 16 heavy (non-hydrogen) atoms. The summed E-state index contributed by atoms with van der Waals surface area (Å²) in [6.45, 7) is 1.03. The molecule has 3 nitrogen and oxygen atoms in total. The van der Waals surface area contributed by atoms with Crippen LogP contribution >= 0.6 is 0 Å². The van der Waals surface area contributed by atoms with Gasteiger partial charge in [0.2, 0.25) is 0 Å². The van der Waals surface area contributed by atoms with Crippen LogP contribution in [-0.2, 0) is 6.54 Å². The maximum absolute atomic E-state index is 11.5. The molecule has 0 amide bonds. The maximum atomic E-state index is 11.5. The highest BCUT2D eigenvalue weighted by Gasteiger charge is 1.99. The minimum atomic E-state index is -0.00914. The van der Waals surface area contributed by atoms with Gasteiger partial charge >= 0.3 is 0 Å². The van der Waals surface area contributed by atoms with E-state index in [0.29, 0.717) is 13.1 Å². The third-order valence-corrected chi connectivity index (χ3v) is 2.46. The molecule has 0 bridgehead atoms. The summed E-state index contributed by atoms with van der Waals surface area (Å²) in [7, 11) is 0. The Bertz CT molecular complexity index is 517. The maximum Gasteiger partial charge on any atom is 0.250 e. The first-order valence-corrected chi connectivity index (χ1v) is 5.27. The highest BCUT2D eigenvalue weighted by Crippen LogP contribution is 2.16. The summed E-state index contributed by atoms with van der Waals surface area (Å²) >= 11 is 0. The van der Waals surface area contributed by atoms with Crippen molar-refractivity contribution >= 4 is 0 Å². The van der Waals surface area contributed by atoms with Gasteiger partial charge in [-0.2, -0.15) is 0 Å². The Kier molecular flexibility index (Phi) is 3.17. The predicted octanol–water partition coefficient (Wildman–Crippen LogP) is 1.47. The van der Waals surface area contributed by atoms with Gasteiger partial charge < -0.3 is 10.3 Å². The molecule has 1 aromatic heterocycles. The van der Waals surface area contributed by atoms with Gasteiger partial charge in [-0.05, 0) is 17.2 Å². The van der Waals surface area contributed by atoms with Crippen molar-refractivity contribution in [2.24, 2.45) is 5.73 Å². The van der Waals surface area contributed by atoms with Crippen LogP contribution in [0.3, 0.4) is 0 Å². The van der Waals surface area contributed by atoms with E-state index in [-0.39, 0.29) is 5.56 Å². The van der Waals surface area contributed by atoms with Crippen molar-refractivity contribution in [3.63, 3.8) is 0 Å². The fourth-order valence-corrected chi connectivity index (χ4v) is 1.65. The van der Waals surface area contributed by atoms with E-state index in [1.807, 2.05) is 42.6 Å². The van der Waals surface area contributed by atoms with Gasteiger partial charge in [0, 0.05) is 25.4 Å². The quantitative estimate of drug-likeness (QED) is 0.841. The van der Waals surface area contributed by atoms with Gasteiger partial charge in [-0.3, -0.25) is 4.79 Å². The third kappa shape index (κ3) is 2.20. The first-order chi connectivity index (χ1) is 7.81. The highest BCUT2D eigenvalue weighted by molar-refractivity contribution is 5.61. The lowest BCUT2D eigenvalue weighted by Gasteiger charge is -2.06. The fourth-order valence-electron chi connectivity index (χ4n) is 1.65. The van der Waals surface area contributed by atoms with Crippen molar-refractivity contribution in [1.82, 2.24) is 4.57 Å². The molecule has 1 heterocycles. The number of pyridine rings is 1. The summed E-state index contributed by atoms with van der Waals surface area (Å²) in [5.74, 6) is 0. The Hall–Kier alpha value is -1.87. The molecule has 0 saturated carbocycles. The Labute approximate surface area is 94.1 Å². The summed E-state index contributed by atoms with van der Waals surface area (Å²) in [6.07, 6.45) is 1.85. The monoisotopic (exact) mass is 214 g/mol. The molecule has 3 heteroatoms. The zero-order valence-corrected chi connectivity index (χ0v) is 8.97. The van der Waals surface area contributed by atoms with Crippen LogP contribution < -0.4 is 11.3 Å². The second-order valence-corrected chi connectivity index (χ2v) is 3.60. The number of nitrogens with two attached hydrogens (primary N) is 1. The van der Waals surface area contributed by atoms with Crippen LogP contribution in [0.4, 0.5) is 0 Å². The molecule has 0 spiro atoms. The Morgan fingerprint density at radius 2 is 1.75 bits per heavy atom. The molecule has 2 rings (SSSR count). The van der Waals surface area contributed by atoms with E-state index in [9.17, 15) is 4.79 Å². The topological polar surface area (TPSA) is 48.0 Å². The average Bonchev–Trinajstić information content (AvgIpc) is 2.33. The zero-order valence-electron chi connectivity index (χ0n) is 8.97. The Morgan fingerprint density at radius 3 is 2.44 bits per heavy atom. The third-order valence-electron chi connectivity index (χ3n) is 2.46. The van der Waals surface area contributed by atoms with Crippen LogP contribution in [0, 0.1) is 0 Å². The molecule has 0 aliphatic carbocycles. The van der Waals surface area contributed by atoms with Crippen molar-refractivity contribution in [2.45, 2.75) is 6.54 Å². The van der Waals surface area contributed by atoms with Gasteiger partial charge in [-0.25, -0.2) is 0 Å². The Balaban J connectivity index is 2.44. The molecule has 0 radical (unpaired) electrons. The first-order valence-electron chi connectivity index (χ1n) is 5.27. The molecule has 2 N–H and O–H groups in total. The summed E-state index contributed by atoms with van der Waals surface area (Å²) in [5.41, 5.74) is 7.59. The van der Waals surface area contributed by atoms with E-state index in [4.69, 9.17) is 5.73 Å². The minimum Gasteiger partial charge on any atom is -0.329 e. The fraction of sp³-hybridized carbons (Fsp3) is 0.154. The highest BCUT2D eigenvalue weighted by atomic mass is 16.1. The Morgan fingerprint density at radius 1 is 1.00 bits per heavy atom. The van der Waals surface area contributed by atoms with Gasteiger partial charge in [0.05, 0.1) is 0 Å². The molecule has 2 aromatic rings. The van der Waals surface area contributed by atoms with Gasteiger partial charge in [0.15, 0.2) is 0 Å². The van der Waals surface area contributed by atoms with Crippen molar-refractivity contribution in [2.75, 3.05) is 6.54 Å². The number of benzene rings is 1. The van der Waals surface area contributed by atoms with Gasteiger partial charge in [0.1, 0.15) is 0 Å². The van der Waals surface area contributed by atoms with Crippen molar-refractivity contribution < 1.29 is 0 Å². The minimum absolute atomic E-state index is 0.00914. The van der Waals surface area contributed by atoms with E-state index < -0.39 is 0 Å². The lowest BCUT2D eigenvalue weighted by Crippen LogP contribution is -2.22. The largest absolute Gasteiger partial charge is 0.329 e. The van der Waals surface area contributed by atoms with E-state index in [1.54, 1.807) is 10.6 Å². The number of hydrogen-bond donors (Lipinski definition) is 1. The predicted molar refractivity (Wildman–Crippen MR) is 65.2 cm³/mol. The summed E-state index contributed by atoms with van der Waals surface area (Å²) in [6, 6.07) is 13.4. The van der Waals surface area contributed by atoms with Crippen LogP contribution in [0.25, 0.3) is 11.1 Å². The van der Waals surface area contributed by atoms with Crippen molar-refractivity contribution in [3.05, 3.63) is 59.0 Å². The van der Waals surface area contributed by atoms with Crippen LogP contribution in [0.5, 0.6) is 0 Å². The van der Waals surface area contributed by atoms with Crippen LogP contribution in [0.1, 0.15) is 0 Å². The standard InChI is InChI=1S/C13H14N2O/c14-8-9-15-10-12(6-7-13(15)16)11-4-2-1-3-5-11/h1-7,10H,8-9,14H2. The average molecular weight is 214 g/mol. The number of aromatic nitrogens is 1. The number of rotatable bonds is 3. The first kappa shape index (κ1) is 10.6. The molecule has 0 aliphatic rings. The lowest BCUT2D eigenvalue weighted by molar-refractivity contribution is 0.682.